The van der Waals surface area contributed by atoms with Gasteiger partial charge in [-0.05, 0) is 74.2 Å². The van der Waals surface area contributed by atoms with E-state index in [9.17, 15) is 14.4 Å². The van der Waals surface area contributed by atoms with Crippen LogP contribution in [0.5, 0.6) is 5.75 Å². The number of H-pyrrole nitrogens is 1. The number of aromatic amines is 1. The first-order valence-corrected chi connectivity index (χ1v) is 14.6. The van der Waals surface area contributed by atoms with Crippen molar-refractivity contribution in [2.24, 2.45) is 11.8 Å². The molecule has 0 saturated heterocycles. The number of rotatable bonds is 8. The fraction of sp³-hybridized carbons (Fsp3) is 0.424. The first-order valence-electron chi connectivity index (χ1n) is 14.6. The van der Waals surface area contributed by atoms with Gasteiger partial charge in [0, 0.05) is 23.3 Å². The van der Waals surface area contributed by atoms with Crippen LogP contribution in [0, 0.1) is 11.8 Å². The highest BCUT2D eigenvalue weighted by Gasteiger charge is 2.38. The van der Waals surface area contributed by atoms with Crippen molar-refractivity contribution in [2.75, 3.05) is 14.1 Å². The van der Waals surface area contributed by atoms with Crippen LogP contribution in [0.25, 0.3) is 17.0 Å². The van der Waals surface area contributed by atoms with Crippen molar-refractivity contribution in [3.05, 3.63) is 72.1 Å². The average molecular weight is 574 g/mol. The van der Waals surface area contributed by atoms with E-state index in [4.69, 9.17) is 4.74 Å². The number of nitrogens with zero attached hydrogens (tertiary/aromatic N) is 1. The Morgan fingerprint density at radius 1 is 1.00 bits per heavy atom. The molecular formula is C33H43N5O4. The monoisotopic (exact) mass is 573 g/mol. The molecule has 0 aliphatic carbocycles. The minimum atomic E-state index is -1.05. The van der Waals surface area contributed by atoms with E-state index >= 15 is 0 Å². The van der Waals surface area contributed by atoms with Crippen molar-refractivity contribution in [3.63, 3.8) is 0 Å². The summed E-state index contributed by atoms with van der Waals surface area (Å²) in [5, 5.41) is 9.80. The van der Waals surface area contributed by atoms with Gasteiger partial charge in [0.15, 0.2) is 0 Å². The van der Waals surface area contributed by atoms with Gasteiger partial charge >= 0.3 is 0 Å². The third-order valence-corrected chi connectivity index (χ3v) is 7.57. The fourth-order valence-corrected chi connectivity index (χ4v) is 5.25. The van der Waals surface area contributed by atoms with Gasteiger partial charge < -0.3 is 25.7 Å². The number of ether oxygens (including phenoxy) is 1. The van der Waals surface area contributed by atoms with Crippen molar-refractivity contribution in [1.29, 1.82) is 0 Å². The molecule has 1 aromatic heterocycles. The summed E-state index contributed by atoms with van der Waals surface area (Å²) in [6.07, 6.45) is 5.48. The van der Waals surface area contributed by atoms with Crippen LogP contribution in [0.3, 0.4) is 0 Å². The van der Waals surface area contributed by atoms with Crippen LogP contribution in [0.4, 0.5) is 0 Å². The minimum Gasteiger partial charge on any atom is -0.487 e. The van der Waals surface area contributed by atoms with Crippen LogP contribution in [-0.4, -0.2) is 65.9 Å². The second-order valence-electron chi connectivity index (χ2n) is 12.0. The van der Waals surface area contributed by atoms with E-state index in [2.05, 4.69) is 20.9 Å². The first-order chi connectivity index (χ1) is 20.0. The Bertz CT molecular complexity index is 1410. The molecule has 0 saturated carbocycles. The summed E-state index contributed by atoms with van der Waals surface area (Å²) in [7, 11) is 3.70. The summed E-state index contributed by atoms with van der Waals surface area (Å²) in [4.78, 5) is 46.2. The van der Waals surface area contributed by atoms with E-state index in [0.717, 1.165) is 22.0 Å². The maximum absolute atomic E-state index is 14.0. The van der Waals surface area contributed by atoms with Gasteiger partial charge in [0.25, 0.3) is 0 Å². The van der Waals surface area contributed by atoms with E-state index < -0.39 is 30.1 Å². The summed E-state index contributed by atoms with van der Waals surface area (Å²) in [6, 6.07) is 13.0. The summed E-state index contributed by atoms with van der Waals surface area (Å²) in [5.74, 6) is -0.498. The molecule has 5 rings (SSSR count). The molecule has 42 heavy (non-hydrogen) atoms. The van der Waals surface area contributed by atoms with Crippen molar-refractivity contribution in [3.8, 4) is 5.75 Å². The zero-order chi connectivity index (χ0) is 30.4. The highest BCUT2D eigenvalue weighted by Crippen LogP contribution is 2.23. The number of benzene rings is 2. The smallest absolute Gasteiger partial charge is 0.247 e. The predicted molar refractivity (Wildman–Crippen MR) is 166 cm³/mol. The van der Waals surface area contributed by atoms with Gasteiger partial charge in [-0.2, -0.15) is 0 Å². The van der Waals surface area contributed by atoms with Gasteiger partial charge in [-0.25, -0.2) is 0 Å². The molecule has 3 heterocycles. The Kier molecular flexibility index (Phi) is 10.1. The molecule has 0 spiro atoms. The van der Waals surface area contributed by atoms with E-state index in [1.807, 2.05) is 101 Å². The van der Waals surface area contributed by atoms with Crippen LogP contribution in [-0.2, 0) is 20.8 Å². The van der Waals surface area contributed by atoms with Gasteiger partial charge in [0.2, 0.25) is 17.7 Å². The SMILES string of the molecule is CC(C)CC1NC(=O)C(NC(=O)C(Cc2c[nH]c3ccccc23)N(C)C)C(C(C)C)Oc2ccc(cc2)C=CNC1=O. The highest BCUT2D eigenvalue weighted by atomic mass is 16.5. The lowest BCUT2D eigenvalue weighted by Crippen LogP contribution is -2.62. The summed E-state index contributed by atoms with van der Waals surface area (Å²) < 4.78 is 6.39. The Balaban J connectivity index is 1.68. The Morgan fingerprint density at radius 3 is 2.38 bits per heavy atom. The van der Waals surface area contributed by atoms with Gasteiger partial charge in [-0.1, -0.05) is 58.0 Å². The van der Waals surface area contributed by atoms with Crippen LogP contribution in [0.2, 0.25) is 0 Å². The van der Waals surface area contributed by atoms with Gasteiger partial charge in [0.1, 0.15) is 23.9 Å². The summed E-state index contributed by atoms with van der Waals surface area (Å²) in [5.41, 5.74) is 2.90. The number of likely N-dealkylation sites (N-methyl/N-ethyl adjacent to an activating group) is 1. The summed E-state index contributed by atoms with van der Waals surface area (Å²) >= 11 is 0. The van der Waals surface area contributed by atoms with Crippen LogP contribution >= 0.6 is 0 Å². The topological polar surface area (TPSA) is 116 Å². The number of nitrogens with one attached hydrogen (secondary N) is 4. The molecule has 0 radical (unpaired) electrons. The second-order valence-corrected chi connectivity index (χ2v) is 12.0. The largest absolute Gasteiger partial charge is 0.487 e. The lowest BCUT2D eigenvalue weighted by Gasteiger charge is -2.34. The molecular weight excluding hydrogens is 530 g/mol. The fourth-order valence-electron chi connectivity index (χ4n) is 5.25. The third kappa shape index (κ3) is 7.59. The number of amides is 3. The molecule has 9 nitrogen and oxygen atoms in total. The molecule has 2 aromatic carbocycles. The molecule has 3 aromatic rings. The molecule has 224 valence electrons. The Hall–Kier alpha value is -4.11. The quantitative estimate of drug-likeness (QED) is 0.327. The van der Waals surface area contributed by atoms with Crippen molar-refractivity contribution < 1.29 is 19.1 Å². The number of aromatic nitrogens is 1. The standard InChI is InChI=1S/C33H43N5O4/c1-20(2)17-27-31(39)34-16-15-22-11-13-24(14-12-22)42-30(21(3)4)29(33(41)36-27)37-32(40)28(38(5)6)18-23-19-35-26-10-8-7-9-25(23)26/h7-16,19-21,27-30,35H,17-18H2,1-6H3,(H,34,39)(H,36,41)(H,37,40). The van der Waals surface area contributed by atoms with Gasteiger partial charge in [0.05, 0.1) is 6.04 Å². The highest BCUT2D eigenvalue weighted by molar-refractivity contribution is 5.94. The van der Waals surface area contributed by atoms with Crippen molar-refractivity contribution in [2.45, 2.75) is 64.8 Å². The molecule has 0 fully saturated rings. The zero-order valence-corrected chi connectivity index (χ0v) is 25.3. The van der Waals surface area contributed by atoms with E-state index in [-0.39, 0.29) is 23.7 Å². The molecule has 4 N–H and O–H groups in total. The number of hydrogen-bond donors (Lipinski definition) is 4. The first kappa shape index (κ1) is 30.8. The number of para-hydroxylation sites is 1. The predicted octanol–water partition coefficient (Wildman–Crippen LogP) is 3.86. The number of carbonyl (C=O) groups excluding carboxylic acids is 3. The Labute approximate surface area is 248 Å². The molecule has 4 unspecified atom stereocenters. The molecule has 2 bridgehead atoms. The van der Waals surface area contributed by atoms with Crippen LogP contribution < -0.4 is 20.7 Å². The van der Waals surface area contributed by atoms with Crippen molar-refractivity contribution >= 4 is 34.7 Å². The molecule has 2 aliphatic rings. The maximum Gasteiger partial charge on any atom is 0.247 e. The molecule has 4 atom stereocenters. The van der Waals surface area contributed by atoms with Crippen molar-refractivity contribution in [1.82, 2.24) is 25.8 Å². The zero-order valence-electron chi connectivity index (χ0n) is 25.3. The number of fused-ring (bicyclic) bond motifs is 11. The van der Waals surface area contributed by atoms with E-state index in [0.29, 0.717) is 18.6 Å². The maximum atomic E-state index is 14.0. The lowest BCUT2D eigenvalue weighted by atomic mass is 9.96. The third-order valence-electron chi connectivity index (χ3n) is 7.57. The minimum absolute atomic E-state index is 0.141. The lowest BCUT2D eigenvalue weighted by molar-refractivity contribution is -0.136. The van der Waals surface area contributed by atoms with Gasteiger partial charge in [-0.15, -0.1) is 0 Å². The van der Waals surface area contributed by atoms with Gasteiger partial charge in [-0.3, -0.25) is 19.3 Å². The molecule has 3 amide bonds. The Morgan fingerprint density at radius 2 is 1.71 bits per heavy atom. The molecule has 2 aliphatic heterocycles. The molecule has 9 heteroatoms. The normalized spacial score (nSPS) is 20.4. The van der Waals surface area contributed by atoms with E-state index in [1.54, 1.807) is 12.3 Å². The van der Waals surface area contributed by atoms with E-state index in [1.165, 1.54) is 0 Å². The van der Waals surface area contributed by atoms with Crippen LogP contribution in [0.15, 0.2) is 60.9 Å². The number of carbonyl (C=O) groups is 3. The summed E-state index contributed by atoms with van der Waals surface area (Å²) in [6.45, 7) is 7.89. The van der Waals surface area contributed by atoms with Crippen LogP contribution in [0.1, 0.15) is 45.2 Å². The average Bonchev–Trinajstić information content (AvgIpc) is 3.35. The second kappa shape index (κ2) is 13.7. The number of hydrogen-bond acceptors (Lipinski definition) is 5.